The van der Waals surface area contributed by atoms with Crippen molar-refractivity contribution in [1.82, 2.24) is 9.80 Å². The molecule has 1 atom stereocenters. The molecule has 5 heteroatoms. The van der Waals surface area contributed by atoms with Crippen molar-refractivity contribution in [2.24, 2.45) is 5.73 Å². The first-order valence-corrected chi connectivity index (χ1v) is 7.55. The zero-order valence-electron chi connectivity index (χ0n) is 12.6. The summed E-state index contributed by atoms with van der Waals surface area (Å²) in [6.07, 6.45) is 2.27. The van der Waals surface area contributed by atoms with Crippen LogP contribution in [0, 0.1) is 0 Å². The Morgan fingerprint density at radius 1 is 1.11 bits per heavy atom. The van der Waals surface area contributed by atoms with Gasteiger partial charge in [0, 0.05) is 59.0 Å². The predicted octanol–water partition coefficient (Wildman–Crippen LogP) is 0.394. The molecule has 0 radical (unpaired) electrons. The van der Waals surface area contributed by atoms with Crippen molar-refractivity contribution in [1.29, 1.82) is 0 Å². The highest BCUT2D eigenvalue weighted by Gasteiger charge is 2.21. The number of nitrogens with two attached hydrogens (primary N) is 1. The van der Waals surface area contributed by atoms with Crippen molar-refractivity contribution in [2.45, 2.75) is 25.8 Å². The van der Waals surface area contributed by atoms with E-state index < -0.39 is 0 Å². The molecule has 2 N–H and O–H groups in total. The standard InChI is InChI=1S/C14H31N3O2/c1-3-14(13-15)17-8-6-16(7-9-17)5-4-10-19-12-11-18-2/h14H,3-13,15H2,1-2H3. The Labute approximate surface area is 118 Å². The normalized spacial score (nSPS) is 19.7. The summed E-state index contributed by atoms with van der Waals surface area (Å²) < 4.78 is 10.4. The number of hydrogen-bond donors (Lipinski definition) is 1. The predicted molar refractivity (Wildman–Crippen MR) is 78.5 cm³/mol. The first-order chi connectivity index (χ1) is 9.31. The van der Waals surface area contributed by atoms with Gasteiger partial charge in [-0.1, -0.05) is 6.92 Å². The summed E-state index contributed by atoms with van der Waals surface area (Å²) in [5, 5.41) is 0. The van der Waals surface area contributed by atoms with Crippen molar-refractivity contribution in [3.05, 3.63) is 0 Å². The molecule has 1 aliphatic heterocycles. The topological polar surface area (TPSA) is 51.0 Å². The van der Waals surface area contributed by atoms with Crippen LogP contribution in [-0.2, 0) is 9.47 Å². The molecule has 1 unspecified atom stereocenters. The van der Waals surface area contributed by atoms with Crippen molar-refractivity contribution >= 4 is 0 Å². The molecular weight excluding hydrogens is 242 g/mol. The van der Waals surface area contributed by atoms with E-state index in [1.165, 1.54) is 0 Å². The minimum absolute atomic E-state index is 0.569. The fourth-order valence-corrected chi connectivity index (χ4v) is 2.56. The molecule has 0 bridgehead atoms. The van der Waals surface area contributed by atoms with E-state index in [9.17, 15) is 0 Å². The lowest BCUT2D eigenvalue weighted by Gasteiger charge is -2.38. The molecule has 114 valence electrons. The van der Waals surface area contributed by atoms with E-state index in [0.29, 0.717) is 19.3 Å². The van der Waals surface area contributed by atoms with E-state index in [1.54, 1.807) is 7.11 Å². The molecule has 1 fully saturated rings. The van der Waals surface area contributed by atoms with Crippen LogP contribution in [0.5, 0.6) is 0 Å². The summed E-state index contributed by atoms with van der Waals surface area (Å²) in [6.45, 7) is 11.0. The molecule has 0 amide bonds. The number of rotatable bonds is 10. The smallest absolute Gasteiger partial charge is 0.0700 e. The van der Waals surface area contributed by atoms with Crippen LogP contribution in [0.25, 0.3) is 0 Å². The first-order valence-electron chi connectivity index (χ1n) is 7.55. The van der Waals surface area contributed by atoms with Crippen molar-refractivity contribution in [3.63, 3.8) is 0 Å². The fourth-order valence-electron chi connectivity index (χ4n) is 2.56. The average molecular weight is 273 g/mol. The van der Waals surface area contributed by atoms with Gasteiger partial charge in [0.2, 0.25) is 0 Å². The van der Waals surface area contributed by atoms with Gasteiger partial charge in [-0.25, -0.2) is 0 Å². The Morgan fingerprint density at radius 3 is 2.42 bits per heavy atom. The second-order valence-electron chi connectivity index (χ2n) is 5.13. The second-order valence-corrected chi connectivity index (χ2v) is 5.13. The highest BCUT2D eigenvalue weighted by Crippen LogP contribution is 2.08. The molecule has 0 aliphatic carbocycles. The second kappa shape index (κ2) is 10.6. The molecule has 0 saturated carbocycles. The Kier molecular flexibility index (Phi) is 9.38. The van der Waals surface area contributed by atoms with Gasteiger partial charge >= 0.3 is 0 Å². The zero-order valence-corrected chi connectivity index (χ0v) is 12.6. The quantitative estimate of drug-likeness (QED) is 0.584. The van der Waals surface area contributed by atoms with Gasteiger partial charge in [-0.2, -0.15) is 0 Å². The number of methoxy groups -OCH3 is 1. The maximum absolute atomic E-state index is 5.80. The third kappa shape index (κ3) is 6.68. The largest absolute Gasteiger partial charge is 0.382 e. The zero-order chi connectivity index (χ0) is 13.9. The molecule has 1 heterocycles. The first kappa shape index (κ1) is 16.9. The van der Waals surface area contributed by atoms with Crippen molar-refractivity contribution < 1.29 is 9.47 Å². The van der Waals surface area contributed by atoms with E-state index in [2.05, 4.69) is 16.7 Å². The maximum atomic E-state index is 5.80. The summed E-state index contributed by atoms with van der Waals surface area (Å²) >= 11 is 0. The Balaban J connectivity index is 2.03. The van der Waals surface area contributed by atoms with Crippen molar-refractivity contribution in [3.8, 4) is 0 Å². The van der Waals surface area contributed by atoms with Crippen molar-refractivity contribution in [2.75, 3.05) is 66.2 Å². The van der Waals surface area contributed by atoms with Gasteiger partial charge in [0.25, 0.3) is 0 Å². The van der Waals surface area contributed by atoms with E-state index in [0.717, 1.165) is 58.7 Å². The molecule has 1 rings (SSSR count). The van der Waals surface area contributed by atoms with Gasteiger partial charge in [0.05, 0.1) is 13.2 Å². The Hall–Kier alpha value is -0.200. The summed E-state index contributed by atoms with van der Waals surface area (Å²) in [4.78, 5) is 5.06. The minimum atomic E-state index is 0.569. The highest BCUT2D eigenvalue weighted by molar-refractivity contribution is 4.78. The van der Waals surface area contributed by atoms with Crippen LogP contribution in [0.3, 0.4) is 0 Å². The molecule has 5 nitrogen and oxygen atoms in total. The molecule has 0 aromatic rings. The fraction of sp³-hybridized carbons (Fsp3) is 1.00. The maximum Gasteiger partial charge on any atom is 0.0700 e. The van der Waals surface area contributed by atoms with Gasteiger partial charge in [0.15, 0.2) is 0 Å². The SMILES string of the molecule is CCC(CN)N1CCN(CCCOCCOC)CC1. The monoisotopic (exact) mass is 273 g/mol. The van der Waals surface area contributed by atoms with E-state index in [4.69, 9.17) is 15.2 Å². The van der Waals surface area contributed by atoms with Gasteiger partial charge in [0.1, 0.15) is 0 Å². The van der Waals surface area contributed by atoms with Crippen LogP contribution >= 0.6 is 0 Å². The Morgan fingerprint density at radius 2 is 1.84 bits per heavy atom. The highest BCUT2D eigenvalue weighted by atomic mass is 16.5. The summed E-state index contributed by atoms with van der Waals surface area (Å²) in [5.41, 5.74) is 5.80. The molecule has 0 spiro atoms. The molecule has 0 aromatic heterocycles. The number of piperazine rings is 1. The van der Waals surface area contributed by atoms with E-state index >= 15 is 0 Å². The number of nitrogens with zero attached hydrogens (tertiary/aromatic N) is 2. The lowest BCUT2D eigenvalue weighted by atomic mass is 10.1. The summed E-state index contributed by atoms with van der Waals surface area (Å²) in [5.74, 6) is 0. The molecule has 1 aliphatic rings. The van der Waals surface area contributed by atoms with Crippen LogP contribution in [0.15, 0.2) is 0 Å². The van der Waals surface area contributed by atoms with Crippen LogP contribution in [0.1, 0.15) is 19.8 Å². The third-order valence-corrected chi connectivity index (χ3v) is 3.86. The lowest BCUT2D eigenvalue weighted by Crippen LogP contribution is -2.52. The average Bonchev–Trinajstić information content (AvgIpc) is 2.45. The minimum Gasteiger partial charge on any atom is -0.382 e. The van der Waals surface area contributed by atoms with Crippen LogP contribution < -0.4 is 5.73 Å². The molecule has 19 heavy (non-hydrogen) atoms. The summed E-state index contributed by atoms with van der Waals surface area (Å²) in [7, 11) is 1.70. The van der Waals surface area contributed by atoms with E-state index in [1.807, 2.05) is 0 Å². The van der Waals surface area contributed by atoms with Crippen LogP contribution in [-0.4, -0.2) is 82.0 Å². The number of ether oxygens (including phenoxy) is 2. The van der Waals surface area contributed by atoms with Gasteiger partial charge < -0.3 is 20.1 Å². The Bertz CT molecular complexity index is 205. The van der Waals surface area contributed by atoms with Crippen LogP contribution in [0.2, 0.25) is 0 Å². The van der Waals surface area contributed by atoms with Gasteiger partial charge in [-0.15, -0.1) is 0 Å². The lowest BCUT2D eigenvalue weighted by molar-refractivity contribution is 0.0569. The molecule has 0 aromatic carbocycles. The van der Waals surface area contributed by atoms with Gasteiger partial charge in [-0.3, -0.25) is 4.90 Å². The van der Waals surface area contributed by atoms with Gasteiger partial charge in [-0.05, 0) is 12.8 Å². The molecule has 1 saturated heterocycles. The molecular formula is C14H31N3O2. The van der Waals surface area contributed by atoms with Crippen LogP contribution in [0.4, 0.5) is 0 Å². The number of hydrogen-bond acceptors (Lipinski definition) is 5. The summed E-state index contributed by atoms with van der Waals surface area (Å²) in [6, 6.07) is 0.569. The van der Waals surface area contributed by atoms with E-state index in [-0.39, 0.29) is 0 Å². The third-order valence-electron chi connectivity index (χ3n) is 3.86.